The molecule has 0 radical (unpaired) electrons. The van der Waals surface area contributed by atoms with Gasteiger partial charge in [-0.1, -0.05) is 44.2 Å². The molecule has 0 aromatic heterocycles. The normalized spacial score (nSPS) is 14.2. The summed E-state index contributed by atoms with van der Waals surface area (Å²) in [5.74, 6) is 0.456. The van der Waals surface area contributed by atoms with Crippen LogP contribution in [0, 0.1) is 5.92 Å². The minimum absolute atomic E-state index is 0.171. The van der Waals surface area contributed by atoms with Crippen molar-refractivity contribution in [3.63, 3.8) is 0 Å². The van der Waals surface area contributed by atoms with Crippen molar-refractivity contribution in [3.8, 4) is 11.5 Å². The largest absolute Gasteiger partial charge is 0.493 e. The molecule has 2 aromatic carbocycles. The van der Waals surface area contributed by atoms with Gasteiger partial charge in [0.2, 0.25) is 6.10 Å². The molecule has 1 atom stereocenters. The van der Waals surface area contributed by atoms with E-state index in [0.29, 0.717) is 35.2 Å². The minimum Gasteiger partial charge on any atom is -0.493 e. The summed E-state index contributed by atoms with van der Waals surface area (Å²) >= 11 is 0. The summed E-state index contributed by atoms with van der Waals surface area (Å²) in [5, 5.41) is 2.91. The highest BCUT2D eigenvalue weighted by Gasteiger charge is 2.31. The fraction of sp³-hybridized carbons (Fsp3) is 0.391. The Labute approximate surface area is 171 Å². The monoisotopic (exact) mass is 397 g/mol. The highest BCUT2D eigenvalue weighted by atomic mass is 16.5. The molecule has 1 aliphatic rings. The van der Waals surface area contributed by atoms with E-state index < -0.39 is 12.1 Å². The van der Waals surface area contributed by atoms with Gasteiger partial charge in [-0.3, -0.25) is 4.79 Å². The van der Waals surface area contributed by atoms with Crippen LogP contribution in [0.3, 0.4) is 0 Å². The molecule has 6 heteroatoms. The number of carbonyl (C=O) groups is 2. The van der Waals surface area contributed by atoms with E-state index in [2.05, 4.69) is 19.2 Å². The third kappa shape index (κ3) is 5.73. The topological polar surface area (TPSA) is 73.9 Å². The summed E-state index contributed by atoms with van der Waals surface area (Å²) in [6, 6.07) is 14.0. The van der Waals surface area contributed by atoms with Crippen molar-refractivity contribution in [1.82, 2.24) is 5.32 Å². The third-order valence-electron chi connectivity index (χ3n) is 4.46. The van der Waals surface area contributed by atoms with E-state index in [0.717, 1.165) is 12.8 Å². The van der Waals surface area contributed by atoms with Crippen molar-refractivity contribution in [3.05, 3.63) is 59.7 Å². The SMILES string of the molecule is COc1cc(C(=O)O[C@@H](C(=O)NC2CC2)c2ccccc2)ccc1OCC(C)C. The van der Waals surface area contributed by atoms with Crippen LogP contribution in [0.2, 0.25) is 0 Å². The second-order valence-corrected chi connectivity index (χ2v) is 7.55. The Morgan fingerprint density at radius 3 is 2.41 bits per heavy atom. The lowest BCUT2D eigenvalue weighted by Crippen LogP contribution is -2.33. The minimum atomic E-state index is -1.01. The van der Waals surface area contributed by atoms with Gasteiger partial charge < -0.3 is 19.5 Å². The van der Waals surface area contributed by atoms with Crippen LogP contribution in [0.25, 0.3) is 0 Å². The van der Waals surface area contributed by atoms with E-state index in [1.807, 2.05) is 18.2 Å². The van der Waals surface area contributed by atoms with Gasteiger partial charge in [0.05, 0.1) is 19.3 Å². The average Bonchev–Trinajstić information content (AvgIpc) is 3.54. The number of ether oxygens (including phenoxy) is 3. The van der Waals surface area contributed by atoms with Crippen LogP contribution in [0.5, 0.6) is 11.5 Å². The molecular formula is C23H27NO5. The van der Waals surface area contributed by atoms with Gasteiger partial charge >= 0.3 is 5.97 Å². The zero-order chi connectivity index (χ0) is 20.8. The zero-order valence-corrected chi connectivity index (χ0v) is 17.0. The highest BCUT2D eigenvalue weighted by Crippen LogP contribution is 2.30. The summed E-state index contributed by atoms with van der Waals surface area (Å²) in [6.07, 6.45) is 0.902. The first-order valence-electron chi connectivity index (χ1n) is 9.85. The van der Waals surface area contributed by atoms with Gasteiger partial charge in [0.1, 0.15) is 0 Å². The van der Waals surface area contributed by atoms with Crippen molar-refractivity contribution in [2.75, 3.05) is 13.7 Å². The van der Waals surface area contributed by atoms with Gasteiger partial charge in [0, 0.05) is 11.6 Å². The number of carbonyl (C=O) groups excluding carboxylic acids is 2. The molecule has 0 spiro atoms. The van der Waals surface area contributed by atoms with Gasteiger partial charge in [0.15, 0.2) is 11.5 Å². The highest BCUT2D eigenvalue weighted by molar-refractivity contribution is 5.93. The standard InChI is InChI=1S/C23H27NO5/c1-15(2)14-28-19-12-9-17(13-20(19)27-3)23(26)29-21(16-7-5-4-6-8-16)22(25)24-18-10-11-18/h4-9,12-13,15,18,21H,10-11,14H2,1-3H3,(H,24,25)/t21-/m1/s1. The molecular weight excluding hydrogens is 370 g/mol. The number of hydrogen-bond acceptors (Lipinski definition) is 5. The van der Waals surface area contributed by atoms with Gasteiger partial charge in [-0.05, 0) is 37.0 Å². The van der Waals surface area contributed by atoms with Crippen molar-refractivity contribution in [2.24, 2.45) is 5.92 Å². The summed E-state index contributed by atoms with van der Waals surface area (Å²) < 4.78 is 16.7. The summed E-state index contributed by atoms with van der Waals surface area (Å²) in [5.41, 5.74) is 0.918. The molecule has 1 saturated carbocycles. The number of hydrogen-bond donors (Lipinski definition) is 1. The number of amides is 1. The Bertz CT molecular complexity index is 846. The van der Waals surface area contributed by atoms with Gasteiger partial charge in [-0.2, -0.15) is 0 Å². The molecule has 1 fully saturated rings. The van der Waals surface area contributed by atoms with Crippen LogP contribution < -0.4 is 14.8 Å². The van der Waals surface area contributed by atoms with Crippen LogP contribution in [-0.2, 0) is 9.53 Å². The van der Waals surface area contributed by atoms with Crippen LogP contribution >= 0.6 is 0 Å². The van der Waals surface area contributed by atoms with Crippen molar-refractivity contribution >= 4 is 11.9 Å². The Kier molecular flexibility index (Phi) is 6.75. The Balaban J connectivity index is 1.77. The van der Waals surface area contributed by atoms with Gasteiger partial charge in [-0.25, -0.2) is 4.79 Å². The number of nitrogens with one attached hydrogen (secondary N) is 1. The molecule has 1 aliphatic carbocycles. The Morgan fingerprint density at radius 2 is 1.79 bits per heavy atom. The van der Waals surface area contributed by atoms with E-state index in [4.69, 9.17) is 14.2 Å². The number of methoxy groups -OCH3 is 1. The van der Waals surface area contributed by atoms with Crippen LogP contribution in [0.1, 0.15) is 48.7 Å². The van der Waals surface area contributed by atoms with Crippen molar-refractivity contribution < 1.29 is 23.8 Å². The Morgan fingerprint density at radius 1 is 1.07 bits per heavy atom. The second-order valence-electron chi connectivity index (χ2n) is 7.55. The predicted molar refractivity (Wildman–Crippen MR) is 109 cm³/mol. The van der Waals surface area contributed by atoms with Crippen LogP contribution in [0.4, 0.5) is 0 Å². The fourth-order valence-corrected chi connectivity index (χ4v) is 2.75. The molecule has 29 heavy (non-hydrogen) atoms. The fourth-order valence-electron chi connectivity index (χ4n) is 2.75. The van der Waals surface area contributed by atoms with E-state index in [-0.39, 0.29) is 11.9 Å². The van der Waals surface area contributed by atoms with E-state index >= 15 is 0 Å². The molecule has 1 N–H and O–H groups in total. The third-order valence-corrected chi connectivity index (χ3v) is 4.46. The predicted octanol–water partition coefficient (Wildman–Crippen LogP) is 3.91. The molecule has 6 nitrogen and oxygen atoms in total. The maximum absolute atomic E-state index is 12.8. The summed E-state index contributed by atoms with van der Waals surface area (Å²) in [7, 11) is 1.52. The first-order chi connectivity index (χ1) is 14.0. The Hall–Kier alpha value is -3.02. The molecule has 0 heterocycles. The number of benzene rings is 2. The molecule has 1 amide bonds. The lowest BCUT2D eigenvalue weighted by atomic mass is 10.1. The maximum Gasteiger partial charge on any atom is 0.339 e. The van der Waals surface area contributed by atoms with E-state index in [1.165, 1.54) is 7.11 Å². The van der Waals surface area contributed by atoms with E-state index in [9.17, 15) is 9.59 Å². The molecule has 3 rings (SSSR count). The molecule has 0 saturated heterocycles. The lowest BCUT2D eigenvalue weighted by molar-refractivity contribution is -0.130. The first kappa shape index (κ1) is 20.7. The lowest BCUT2D eigenvalue weighted by Gasteiger charge is -2.18. The molecule has 154 valence electrons. The molecule has 0 unspecified atom stereocenters. The average molecular weight is 397 g/mol. The second kappa shape index (κ2) is 9.45. The van der Waals surface area contributed by atoms with Crippen LogP contribution in [0.15, 0.2) is 48.5 Å². The molecule has 0 bridgehead atoms. The zero-order valence-electron chi connectivity index (χ0n) is 17.0. The molecule has 0 aliphatic heterocycles. The smallest absolute Gasteiger partial charge is 0.339 e. The van der Waals surface area contributed by atoms with Gasteiger partial charge in [0.25, 0.3) is 5.91 Å². The maximum atomic E-state index is 12.8. The van der Waals surface area contributed by atoms with Crippen LogP contribution in [-0.4, -0.2) is 31.6 Å². The summed E-state index contributed by atoms with van der Waals surface area (Å²) in [6.45, 7) is 4.64. The van der Waals surface area contributed by atoms with E-state index in [1.54, 1.807) is 30.3 Å². The van der Waals surface area contributed by atoms with Gasteiger partial charge in [-0.15, -0.1) is 0 Å². The first-order valence-corrected chi connectivity index (χ1v) is 9.85. The van der Waals surface area contributed by atoms with Crippen molar-refractivity contribution in [2.45, 2.75) is 38.8 Å². The number of esters is 1. The number of rotatable bonds is 9. The molecule has 2 aromatic rings. The van der Waals surface area contributed by atoms with Crippen molar-refractivity contribution in [1.29, 1.82) is 0 Å². The quantitative estimate of drug-likeness (QED) is 0.650. The summed E-state index contributed by atoms with van der Waals surface area (Å²) in [4.78, 5) is 25.4.